The second-order valence-corrected chi connectivity index (χ2v) is 12.7. The highest BCUT2D eigenvalue weighted by Gasteiger charge is 2.28. The fourth-order valence-corrected chi connectivity index (χ4v) is 6.90. The van der Waals surface area contributed by atoms with Crippen molar-refractivity contribution in [3.63, 3.8) is 0 Å². The highest BCUT2D eigenvalue weighted by Crippen LogP contribution is 2.31. The van der Waals surface area contributed by atoms with Crippen molar-refractivity contribution >= 4 is 52.9 Å². The van der Waals surface area contributed by atoms with Crippen molar-refractivity contribution in [2.45, 2.75) is 74.2 Å². The van der Waals surface area contributed by atoms with E-state index in [4.69, 9.17) is 4.99 Å². The number of amides is 2. The standard InChI is InChI=1S/C31H45N7O2S2/c1-3-5-17-32-30(39)36-25-11-7-9-13-27(25)41-21-23-15-19-38-20-16-24(35-29(38)34-23)22-42-28-14-10-8-12-26(28)37-31(40)33-18-6-4-2/h7-14,23-24H,3-6,15-22H2,1-2H3,(H,34,35)(H2,32,36,39)(H2,33,37,40)/p+1/t23-,24-/m1/s1. The van der Waals surface area contributed by atoms with Gasteiger partial charge in [-0.1, -0.05) is 51.0 Å². The van der Waals surface area contributed by atoms with E-state index in [1.165, 1.54) is 0 Å². The first-order valence-electron chi connectivity index (χ1n) is 15.2. The number of para-hydroxylation sites is 2. The lowest BCUT2D eigenvalue weighted by Gasteiger charge is -2.39. The molecule has 1 saturated heterocycles. The van der Waals surface area contributed by atoms with Crippen LogP contribution in [0.4, 0.5) is 16.2 Å². The number of carbonyl (C=O) groups is 1. The Labute approximate surface area is 258 Å². The second kappa shape index (κ2) is 17.2. The van der Waals surface area contributed by atoms with E-state index in [1.807, 2.05) is 36.4 Å². The molecule has 6 N–H and O–H groups in total. The number of anilines is 2. The van der Waals surface area contributed by atoms with Crippen molar-refractivity contribution in [3.05, 3.63) is 48.5 Å². The summed E-state index contributed by atoms with van der Waals surface area (Å²) in [6.45, 7) is 7.68. The Hall–Kier alpha value is -3.05. The summed E-state index contributed by atoms with van der Waals surface area (Å²) in [7, 11) is 0. The van der Waals surface area contributed by atoms with Gasteiger partial charge < -0.3 is 26.0 Å². The third kappa shape index (κ3) is 10.0. The summed E-state index contributed by atoms with van der Waals surface area (Å²) in [5.74, 6) is 2.77. The van der Waals surface area contributed by atoms with Crippen LogP contribution in [0, 0.1) is 0 Å². The van der Waals surface area contributed by atoms with Crippen LogP contribution in [-0.2, 0) is 0 Å². The molecule has 4 rings (SSSR count). The number of fused-ring (bicyclic) bond motifs is 1. The maximum atomic E-state index is 12.3. The van der Waals surface area contributed by atoms with Crippen molar-refractivity contribution in [1.29, 1.82) is 0 Å². The van der Waals surface area contributed by atoms with E-state index in [0.717, 1.165) is 96.8 Å². The molecular formula is C31H46N7O2S2+. The second-order valence-electron chi connectivity index (χ2n) is 10.6. The molecular weight excluding hydrogens is 567 g/mol. The molecule has 0 spiro atoms. The molecule has 0 saturated carbocycles. The van der Waals surface area contributed by atoms with Gasteiger partial charge in [0.05, 0.1) is 23.2 Å². The number of amidine groups is 1. The number of rotatable bonds is 14. The van der Waals surface area contributed by atoms with Crippen LogP contribution in [0.5, 0.6) is 0 Å². The molecule has 2 aliphatic heterocycles. The zero-order valence-electron chi connectivity index (χ0n) is 24.8. The number of aliphatic hydroxyl groups excluding tert-OH is 1. The number of guanidine groups is 1. The minimum atomic E-state index is -0.155. The van der Waals surface area contributed by atoms with Crippen molar-refractivity contribution in [2.24, 2.45) is 4.99 Å². The average molecular weight is 613 g/mol. The first-order valence-corrected chi connectivity index (χ1v) is 17.2. The van der Waals surface area contributed by atoms with E-state index >= 15 is 0 Å². The fraction of sp³-hybridized carbons (Fsp3) is 0.516. The number of thioether (sulfide) groups is 2. The van der Waals surface area contributed by atoms with Crippen molar-refractivity contribution in [1.82, 2.24) is 15.5 Å². The molecule has 1 fully saturated rings. The largest absolute Gasteiger partial charge is 0.447 e. The number of benzene rings is 2. The maximum Gasteiger partial charge on any atom is 0.444 e. The Morgan fingerprint density at radius 2 is 1.64 bits per heavy atom. The van der Waals surface area contributed by atoms with Crippen molar-refractivity contribution in [2.75, 3.05) is 48.3 Å². The van der Waals surface area contributed by atoms with E-state index in [2.05, 4.69) is 57.1 Å². The molecule has 2 aromatic carbocycles. The monoisotopic (exact) mass is 612 g/mol. The molecule has 2 amide bonds. The van der Waals surface area contributed by atoms with Gasteiger partial charge in [0.2, 0.25) is 0 Å². The summed E-state index contributed by atoms with van der Waals surface area (Å²) in [6.07, 6.45) is 6.20. The summed E-state index contributed by atoms with van der Waals surface area (Å²) in [4.78, 5) is 25.0. The maximum absolute atomic E-state index is 12.3. The summed E-state index contributed by atoms with van der Waals surface area (Å²) in [5, 5.41) is 23.0. The normalized spacial score (nSPS) is 18.5. The molecule has 0 aliphatic carbocycles. The summed E-state index contributed by atoms with van der Waals surface area (Å²) in [6, 6.07) is 16.6. The molecule has 9 nitrogen and oxygen atoms in total. The number of nitrogens with one attached hydrogen (secondary N) is 5. The lowest BCUT2D eigenvalue weighted by Crippen LogP contribution is -2.74. The minimum absolute atomic E-state index is 0.0945. The van der Waals surface area contributed by atoms with Crippen LogP contribution in [0.25, 0.3) is 0 Å². The van der Waals surface area contributed by atoms with E-state index in [-0.39, 0.29) is 18.1 Å². The highest BCUT2D eigenvalue weighted by atomic mass is 32.2. The third-order valence-electron chi connectivity index (χ3n) is 7.20. The Bertz CT molecular complexity index is 1210. The highest BCUT2D eigenvalue weighted by molar-refractivity contribution is 7.99. The van der Waals surface area contributed by atoms with E-state index in [0.29, 0.717) is 12.6 Å². The number of carbonyl (C=O) groups excluding carboxylic acids is 1. The zero-order chi connectivity index (χ0) is 29.6. The van der Waals surface area contributed by atoms with Crippen LogP contribution in [0.3, 0.4) is 0 Å². The molecule has 11 heteroatoms. The average Bonchev–Trinajstić information content (AvgIpc) is 3.00. The Kier molecular flexibility index (Phi) is 13.0. The van der Waals surface area contributed by atoms with Gasteiger partial charge in [-0.15, -0.1) is 23.5 Å². The van der Waals surface area contributed by atoms with Gasteiger partial charge in [0, 0.05) is 42.1 Å². The third-order valence-corrected chi connectivity index (χ3v) is 9.66. The molecule has 2 heterocycles. The molecule has 0 unspecified atom stereocenters. The smallest absolute Gasteiger partial charge is 0.444 e. The van der Waals surface area contributed by atoms with Crippen molar-refractivity contribution < 1.29 is 14.9 Å². The number of unbranched alkanes of at least 4 members (excludes halogenated alkanes) is 2. The van der Waals surface area contributed by atoms with Crippen LogP contribution in [0.2, 0.25) is 0 Å². The predicted molar refractivity (Wildman–Crippen MR) is 177 cm³/mol. The Balaban J connectivity index is 1.29. The number of hydrogen-bond donors (Lipinski definition) is 6. The van der Waals surface area contributed by atoms with Crippen LogP contribution in [0.1, 0.15) is 52.4 Å². The molecule has 2 aliphatic rings. The van der Waals surface area contributed by atoms with Crippen LogP contribution < -0.4 is 26.3 Å². The number of nitrogens with zero attached hydrogens (tertiary/aromatic N) is 2. The molecule has 0 bridgehead atoms. The van der Waals surface area contributed by atoms with Gasteiger partial charge in [0.1, 0.15) is 5.69 Å². The number of aliphatic imine (C=N–C) groups is 1. The summed E-state index contributed by atoms with van der Waals surface area (Å²) >= 11 is 3.54. The first-order chi connectivity index (χ1) is 20.6. The first kappa shape index (κ1) is 31.9. The Morgan fingerprint density at radius 1 is 0.976 bits per heavy atom. The summed E-state index contributed by atoms with van der Waals surface area (Å²) in [5.41, 5.74) is 1.74. The Morgan fingerprint density at radius 3 is 2.38 bits per heavy atom. The number of hydrogen-bond acceptors (Lipinski definition) is 6. The molecule has 0 radical (unpaired) electrons. The SMILES string of the molecule is CCCCNC(=O)Nc1ccccc1SC[C@H]1CCN2CC[C@H](CSc3ccccc3NC(O)=[NH+]CCCC)NC2=N1. The summed E-state index contributed by atoms with van der Waals surface area (Å²) < 4.78 is 0. The van der Waals surface area contributed by atoms with Gasteiger partial charge in [-0.25, -0.2) is 20.1 Å². The number of urea groups is 1. The fourth-order valence-electron chi connectivity index (χ4n) is 4.76. The molecule has 2 aromatic rings. The quantitative estimate of drug-likeness (QED) is 0.0807. The van der Waals surface area contributed by atoms with Gasteiger partial charge in [-0.2, -0.15) is 0 Å². The lowest BCUT2D eigenvalue weighted by atomic mass is 10.1. The molecule has 2 atom stereocenters. The minimum Gasteiger partial charge on any atom is -0.447 e. The van der Waals surface area contributed by atoms with Gasteiger partial charge in [0.15, 0.2) is 5.96 Å². The van der Waals surface area contributed by atoms with Gasteiger partial charge >= 0.3 is 12.1 Å². The van der Waals surface area contributed by atoms with Gasteiger partial charge in [-0.3, -0.25) is 0 Å². The lowest BCUT2D eigenvalue weighted by molar-refractivity contribution is -0.466. The van der Waals surface area contributed by atoms with Crippen molar-refractivity contribution in [3.8, 4) is 0 Å². The molecule has 0 aromatic heterocycles. The van der Waals surface area contributed by atoms with E-state index in [1.54, 1.807) is 23.5 Å². The topological polar surface area (TPSA) is 115 Å². The number of aliphatic hydroxyl groups is 1. The van der Waals surface area contributed by atoms with Crippen LogP contribution in [-0.4, -0.2) is 77.8 Å². The molecule has 228 valence electrons. The zero-order valence-corrected chi connectivity index (χ0v) is 26.5. The molecule has 42 heavy (non-hydrogen) atoms. The van der Waals surface area contributed by atoms with Gasteiger partial charge in [0.25, 0.3) is 0 Å². The predicted octanol–water partition coefficient (Wildman–Crippen LogP) is 4.49. The van der Waals surface area contributed by atoms with E-state index in [9.17, 15) is 9.90 Å². The van der Waals surface area contributed by atoms with E-state index < -0.39 is 0 Å². The van der Waals surface area contributed by atoms with Crippen LogP contribution in [0.15, 0.2) is 63.3 Å². The van der Waals surface area contributed by atoms with Crippen LogP contribution >= 0.6 is 23.5 Å². The van der Waals surface area contributed by atoms with Gasteiger partial charge in [-0.05, 0) is 49.9 Å².